The van der Waals surface area contributed by atoms with Crippen LogP contribution in [-0.2, 0) is 44.5 Å². The smallest absolute Gasteiger partial charge is 0.422 e. The van der Waals surface area contributed by atoms with E-state index in [1.807, 2.05) is 0 Å². The molecular formula is C25H36O11. The van der Waals surface area contributed by atoms with Gasteiger partial charge in [-0.15, -0.1) is 0 Å². The Balaban J connectivity index is 3.49. The Morgan fingerprint density at radius 2 is 1.22 bits per heavy atom. The second-order valence-corrected chi connectivity index (χ2v) is 8.33. The van der Waals surface area contributed by atoms with Crippen LogP contribution in [0.5, 0.6) is 11.5 Å². The number of methoxy groups -OCH3 is 2. The maximum absolute atomic E-state index is 12.4. The zero-order valence-electron chi connectivity index (χ0n) is 22.1. The molecule has 202 valence electrons. The Kier molecular flexibility index (Phi) is 12.0. The SMILES string of the molecule is CCOC(=O)C(=O)Oc1c(C)c(C)c(OC(=O)C(=O)OCC)c(CCC(C)(O)CC(OC)OC)c1C. The normalized spacial score (nSPS) is 12.6. The maximum atomic E-state index is 12.4. The van der Waals surface area contributed by atoms with E-state index in [9.17, 15) is 24.3 Å². The molecule has 11 heteroatoms. The Hall–Kier alpha value is -3.02. The first-order valence-electron chi connectivity index (χ1n) is 11.5. The van der Waals surface area contributed by atoms with E-state index in [1.54, 1.807) is 41.5 Å². The highest BCUT2D eigenvalue weighted by atomic mass is 16.7. The van der Waals surface area contributed by atoms with Crippen molar-refractivity contribution in [1.82, 2.24) is 0 Å². The van der Waals surface area contributed by atoms with E-state index in [0.717, 1.165) is 0 Å². The van der Waals surface area contributed by atoms with Gasteiger partial charge in [-0.3, -0.25) is 0 Å². The number of hydrogen-bond donors (Lipinski definition) is 1. The lowest BCUT2D eigenvalue weighted by Gasteiger charge is -2.28. The van der Waals surface area contributed by atoms with Crippen LogP contribution in [0.3, 0.4) is 0 Å². The number of aliphatic hydroxyl groups is 1. The Morgan fingerprint density at radius 1 is 0.778 bits per heavy atom. The van der Waals surface area contributed by atoms with Gasteiger partial charge in [-0.25, -0.2) is 19.2 Å². The molecule has 1 N–H and O–H groups in total. The minimum atomic E-state index is -1.26. The third-order valence-electron chi connectivity index (χ3n) is 5.63. The molecular weight excluding hydrogens is 476 g/mol. The van der Waals surface area contributed by atoms with Crippen molar-refractivity contribution in [3.05, 3.63) is 22.3 Å². The highest BCUT2D eigenvalue weighted by molar-refractivity contribution is 6.31. The summed E-state index contributed by atoms with van der Waals surface area (Å²) in [7, 11) is 2.91. The lowest BCUT2D eigenvalue weighted by molar-refractivity contribution is -0.162. The molecule has 0 spiro atoms. The Morgan fingerprint density at radius 3 is 1.67 bits per heavy atom. The van der Waals surface area contributed by atoms with Gasteiger partial charge in [0.05, 0.1) is 18.8 Å². The molecule has 0 aliphatic heterocycles. The van der Waals surface area contributed by atoms with Crippen LogP contribution < -0.4 is 9.47 Å². The summed E-state index contributed by atoms with van der Waals surface area (Å²) in [6.07, 6.45) is -0.195. The third-order valence-corrected chi connectivity index (χ3v) is 5.63. The van der Waals surface area contributed by atoms with E-state index in [1.165, 1.54) is 14.2 Å². The molecule has 0 radical (unpaired) electrons. The molecule has 0 aromatic heterocycles. The number of hydrogen-bond acceptors (Lipinski definition) is 11. The number of esters is 4. The standard InChI is InChI=1S/C25H36O11/c1-9-33-21(26)23(28)35-19-14(3)15(4)20(36-24(29)22(27)34-10-2)17(16(19)5)11-12-25(6,30)13-18(31-7)32-8/h18,30H,9-13H2,1-8H3. The van der Waals surface area contributed by atoms with Crippen molar-refractivity contribution in [3.8, 4) is 11.5 Å². The number of ether oxygens (including phenoxy) is 6. The molecule has 0 amide bonds. The summed E-state index contributed by atoms with van der Waals surface area (Å²) in [6.45, 7) is 9.52. The summed E-state index contributed by atoms with van der Waals surface area (Å²) in [5, 5.41) is 10.9. The van der Waals surface area contributed by atoms with Crippen LogP contribution in [0.1, 0.15) is 55.9 Å². The first kappa shape index (κ1) is 31.0. The van der Waals surface area contributed by atoms with Crippen LogP contribution >= 0.6 is 0 Å². The zero-order valence-corrected chi connectivity index (χ0v) is 22.1. The summed E-state index contributed by atoms with van der Waals surface area (Å²) in [5.41, 5.74) is 0.325. The van der Waals surface area contributed by atoms with Crippen molar-refractivity contribution >= 4 is 23.9 Å². The molecule has 1 aromatic carbocycles. The molecule has 0 fully saturated rings. The molecule has 0 bridgehead atoms. The lowest BCUT2D eigenvalue weighted by Crippen LogP contribution is -2.32. The van der Waals surface area contributed by atoms with Crippen LogP contribution in [0.2, 0.25) is 0 Å². The summed E-state index contributed by atoms with van der Waals surface area (Å²) in [6, 6.07) is 0. The van der Waals surface area contributed by atoms with Crippen molar-refractivity contribution in [2.45, 2.75) is 72.7 Å². The lowest BCUT2D eigenvalue weighted by atomic mass is 9.89. The summed E-state index contributed by atoms with van der Waals surface area (Å²) < 4.78 is 30.5. The Bertz CT molecular complexity index is 961. The monoisotopic (exact) mass is 512 g/mol. The molecule has 11 nitrogen and oxygen atoms in total. The summed E-state index contributed by atoms with van der Waals surface area (Å²) in [5.74, 6) is -4.58. The van der Waals surface area contributed by atoms with Crippen LogP contribution in [-0.4, -0.2) is 68.3 Å². The number of rotatable bonds is 11. The van der Waals surface area contributed by atoms with E-state index in [-0.39, 0.29) is 44.0 Å². The van der Waals surface area contributed by atoms with Crippen LogP contribution in [0, 0.1) is 20.8 Å². The molecule has 36 heavy (non-hydrogen) atoms. The van der Waals surface area contributed by atoms with E-state index in [0.29, 0.717) is 22.3 Å². The first-order valence-corrected chi connectivity index (χ1v) is 11.5. The molecule has 0 saturated heterocycles. The van der Waals surface area contributed by atoms with Crippen molar-refractivity contribution < 1.29 is 52.7 Å². The predicted molar refractivity (Wildman–Crippen MR) is 127 cm³/mol. The number of carbonyl (C=O) groups is 4. The third kappa shape index (κ3) is 8.28. The van der Waals surface area contributed by atoms with Crippen molar-refractivity contribution in [3.63, 3.8) is 0 Å². The van der Waals surface area contributed by atoms with Gasteiger partial charge in [0.1, 0.15) is 11.5 Å². The van der Waals surface area contributed by atoms with Gasteiger partial charge >= 0.3 is 23.9 Å². The maximum Gasteiger partial charge on any atom is 0.422 e. The molecule has 0 saturated carbocycles. The van der Waals surface area contributed by atoms with E-state index >= 15 is 0 Å². The average molecular weight is 513 g/mol. The topological polar surface area (TPSA) is 144 Å². The fourth-order valence-electron chi connectivity index (χ4n) is 3.51. The van der Waals surface area contributed by atoms with Crippen molar-refractivity contribution in [2.75, 3.05) is 27.4 Å². The molecule has 1 rings (SSSR count). The molecule has 1 atom stereocenters. The molecule has 0 aliphatic rings. The van der Waals surface area contributed by atoms with Crippen molar-refractivity contribution in [1.29, 1.82) is 0 Å². The van der Waals surface area contributed by atoms with Crippen LogP contribution in [0.4, 0.5) is 0 Å². The predicted octanol–water partition coefficient (Wildman–Crippen LogP) is 2.24. The second kappa shape index (κ2) is 13.9. The molecule has 0 heterocycles. The molecule has 1 aromatic rings. The quantitative estimate of drug-likeness (QED) is 0.202. The second-order valence-electron chi connectivity index (χ2n) is 8.33. The van der Waals surface area contributed by atoms with Gasteiger partial charge in [0.25, 0.3) is 0 Å². The fourth-order valence-corrected chi connectivity index (χ4v) is 3.51. The zero-order chi connectivity index (χ0) is 27.6. The minimum Gasteiger partial charge on any atom is -0.458 e. The average Bonchev–Trinajstić information content (AvgIpc) is 2.83. The van der Waals surface area contributed by atoms with Gasteiger partial charge in [-0.05, 0) is 71.1 Å². The fraction of sp³-hybridized carbons (Fsp3) is 0.600. The van der Waals surface area contributed by atoms with Gasteiger partial charge in [-0.1, -0.05) is 0 Å². The minimum absolute atomic E-state index is 0.00203. The van der Waals surface area contributed by atoms with Gasteiger partial charge in [0.15, 0.2) is 6.29 Å². The van der Waals surface area contributed by atoms with E-state index in [2.05, 4.69) is 0 Å². The van der Waals surface area contributed by atoms with Gasteiger partial charge < -0.3 is 33.5 Å². The number of benzene rings is 1. The number of carbonyl (C=O) groups excluding carboxylic acids is 4. The van der Waals surface area contributed by atoms with Gasteiger partial charge in [-0.2, -0.15) is 0 Å². The molecule has 1 unspecified atom stereocenters. The van der Waals surface area contributed by atoms with E-state index in [4.69, 9.17) is 28.4 Å². The summed E-state index contributed by atoms with van der Waals surface area (Å²) >= 11 is 0. The highest BCUT2D eigenvalue weighted by Gasteiger charge is 2.30. The first-order chi connectivity index (χ1) is 16.8. The molecule has 0 aliphatic carbocycles. The van der Waals surface area contributed by atoms with Crippen molar-refractivity contribution in [2.24, 2.45) is 0 Å². The van der Waals surface area contributed by atoms with Crippen LogP contribution in [0.15, 0.2) is 0 Å². The van der Waals surface area contributed by atoms with Gasteiger partial charge in [0, 0.05) is 26.2 Å². The van der Waals surface area contributed by atoms with Crippen LogP contribution in [0.25, 0.3) is 0 Å². The van der Waals surface area contributed by atoms with E-state index < -0.39 is 35.8 Å². The largest absolute Gasteiger partial charge is 0.458 e. The van der Waals surface area contributed by atoms with Gasteiger partial charge in [0.2, 0.25) is 0 Å². The Labute approximate surface area is 210 Å². The highest BCUT2D eigenvalue weighted by Crippen LogP contribution is 2.40. The summed E-state index contributed by atoms with van der Waals surface area (Å²) in [4.78, 5) is 48.3.